The SMILES string of the molecule is O=C1Nc2ccc(C(=O)O)cc2/C1=C\c1ccco1. The Hall–Kier alpha value is -2.82. The fourth-order valence-corrected chi connectivity index (χ4v) is 1.98. The average Bonchev–Trinajstić information content (AvgIpc) is 2.98. The number of fused-ring (bicyclic) bond motifs is 1. The van der Waals surface area contributed by atoms with Gasteiger partial charge in [0.2, 0.25) is 0 Å². The third-order valence-corrected chi connectivity index (χ3v) is 2.88. The molecule has 0 saturated heterocycles. The highest BCUT2D eigenvalue weighted by atomic mass is 16.4. The maximum absolute atomic E-state index is 11.9. The second kappa shape index (κ2) is 4.13. The van der Waals surface area contributed by atoms with E-state index in [4.69, 9.17) is 9.52 Å². The van der Waals surface area contributed by atoms with Gasteiger partial charge in [-0.05, 0) is 36.4 Å². The van der Waals surface area contributed by atoms with Crippen molar-refractivity contribution in [3.05, 3.63) is 53.5 Å². The summed E-state index contributed by atoms with van der Waals surface area (Å²) in [7, 11) is 0. The Morgan fingerprint density at radius 3 is 2.84 bits per heavy atom. The molecule has 2 heterocycles. The van der Waals surface area contributed by atoms with E-state index in [1.165, 1.54) is 18.4 Å². The van der Waals surface area contributed by atoms with Crippen LogP contribution in [0.15, 0.2) is 41.0 Å². The molecule has 0 bridgehead atoms. The molecule has 5 nitrogen and oxygen atoms in total. The molecule has 0 atom stereocenters. The second-order valence-corrected chi connectivity index (χ2v) is 4.09. The van der Waals surface area contributed by atoms with Crippen molar-refractivity contribution in [2.24, 2.45) is 0 Å². The number of rotatable bonds is 2. The van der Waals surface area contributed by atoms with Crippen LogP contribution in [0.5, 0.6) is 0 Å². The van der Waals surface area contributed by atoms with Crippen LogP contribution in [0.2, 0.25) is 0 Å². The molecule has 5 heteroatoms. The molecule has 94 valence electrons. The molecule has 2 N–H and O–H groups in total. The van der Waals surface area contributed by atoms with Gasteiger partial charge in [-0.2, -0.15) is 0 Å². The average molecular weight is 255 g/mol. The number of anilines is 1. The summed E-state index contributed by atoms with van der Waals surface area (Å²) in [6.45, 7) is 0. The first kappa shape index (κ1) is 11.3. The zero-order chi connectivity index (χ0) is 13.4. The van der Waals surface area contributed by atoms with Crippen LogP contribution in [0.3, 0.4) is 0 Å². The van der Waals surface area contributed by atoms with Gasteiger partial charge in [-0.15, -0.1) is 0 Å². The highest BCUT2D eigenvalue weighted by molar-refractivity contribution is 6.35. The Bertz CT molecular complexity index is 698. The number of carboxylic acid groups (broad SMARTS) is 1. The molecule has 1 aromatic heterocycles. The third kappa shape index (κ3) is 1.91. The van der Waals surface area contributed by atoms with Crippen LogP contribution in [0.1, 0.15) is 21.7 Å². The zero-order valence-corrected chi connectivity index (χ0v) is 9.71. The van der Waals surface area contributed by atoms with Gasteiger partial charge in [0.05, 0.1) is 17.4 Å². The summed E-state index contributed by atoms with van der Waals surface area (Å²) in [5.74, 6) is -0.757. The molecule has 19 heavy (non-hydrogen) atoms. The third-order valence-electron chi connectivity index (χ3n) is 2.88. The second-order valence-electron chi connectivity index (χ2n) is 4.09. The first-order valence-corrected chi connectivity index (χ1v) is 5.59. The summed E-state index contributed by atoms with van der Waals surface area (Å²) in [6.07, 6.45) is 3.10. The number of carbonyl (C=O) groups is 2. The van der Waals surface area contributed by atoms with Crippen molar-refractivity contribution in [1.29, 1.82) is 0 Å². The van der Waals surface area contributed by atoms with Gasteiger partial charge in [0, 0.05) is 11.3 Å². The lowest BCUT2D eigenvalue weighted by Gasteiger charge is -2.00. The number of aromatic carboxylic acids is 1. The lowest BCUT2D eigenvalue weighted by molar-refractivity contribution is -0.110. The minimum Gasteiger partial charge on any atom is -0.478 e. The van der Waals surface area contributed by atoms with E-state index in [1.54, 1.807) is 24.3 Å². The Balaban J connectivity index is 2.12. The number of carbonyl (C=O) groups excluding carboxylic acids is 1. The Morgan fingerprint density at radius 1 is 1.32 bits per heavy atom. The quantitative estimate of drug-likeness (QED) is 0.808. The van der Waals surface area contributed by atoms with Gasteiger partial charge in [0.15, 0.2) is 0 Å². The zero-order valence-electron chi connectivity index (χ0n) is 9.71. The van der Waals surface area contributed by atoms with Crippen LogP contribution < -0.4 is 5.32 Å². The topological polar surface area (TPSA) is 79.5 Å². The van der Waals surface area contributed by atoms with Crippen LogP contribution in [-0.2, 0) is 4.79 Å². The van der Waals surface area contributed by atoms with E-state index in [0.29, 0.717) is 22.6 Å². The van der Waals surface area contributed by atoms with Crippen LogP contribution in [0, 0.1) is 0 Å². The van der Waals surface area contributed by atoms with E-state index in [-0.39, 0.29) is 11.5 Å². The molecule has 0 fully saturated rings. The summed E-state index contributed by atoms with van der Waals surface area (Å²) in [6, 6.07) is 7.95. The molecular formula is C14H9NO4. The van der Waals surface area contributed by atoms with Gasteiger partial charge in [-0.3, -0.25) is 4.79 Å². The lowest BCUT2D eigenvalue weighted by atomic mass is 10.0. The molecule has 1 aliphatic rings. The fourth-order valence-electron chi connectivity index (χ4n) is 1.98. The van der Waals surface area contributed by atoms with E-state index in [0.717, 1.165) is 0 Å². The number of furan rings is 1. The van der Waals surface area contributed by atoms with Gasteiger partial charge in [0.25, 0.3) is 5.91 Å². The fraction of sp³-hybridized carbons (Fsp3) is 0. The number of hydrogen-bond acceptors (Lipinski definition) is 3. The highest BCUT2D eigenvalue weighted by Gasteiger charge is 2.25. The molecular weight excluding hydrogens is 246 g/mol. The predicted octanol–water partition coefficient (Wildman–Crippen LogP) is 2.47. The summed E-state index contributed by atoms with van der Waals surface area (Å²) in [5.41, 5.74) is 1.71. The van der Waals surface area contributed by atoms with E-state index < -0.39 is 5.97 Å². The molecule has 0 radical (unpaired) electrons. The molecule has 2 aromatic rings. The van der Waals surface area contributed by atoms with Crippen molar-refractivity contribution >= 4 is 29.2 Å². The maximum atomic E-state index is 11.9. The Labute approximate surface area is 108 Å². The van der Waals surface area contributed by atoms with E-state index in [9.17, 15) is 9.59 Å². The normalized spacial score (nSPS) is 15.4. The first-order valence-electron chi connectivity index (χ1n) is 5.59. The minimum atomic E-state index is -1.03. The van der Waals surface area contributed by atoms with Crippen LogP contribution in [-0.4, -0.2) is 17.0 Å². The number of nitrogens with one attached hydrogen (secondary N) is 1. The summed E-state index contributed by atoms with van der Waals surface area (Å²) in [5, 5.41) is 11.7. The number of benzene rings is 1. The highest BCUT2D eigenvalue weighted by Crippen LogP contribution is 2.33. The summed E-state index contributed by atoms with van der Waals surface area (Å²) >= 11 is 0. The smallest absolute Gasteiger partial charge is 0.335 e. The van der Waals surface area contributed by atoms with Gasteiger partial charge >= 0.3 is 5.97 Å². The van der Waals surface area contributed by atoms with E-state index >= 15 is 0 Å². The summed E-state index contributed by atoms with van der Waals surface area (Å²) in [4.78, 5) is 22.8. The van der Waals surface area contributed by atoms with Crippen molar-refractivity contribution in [2.45, 2.75) is 0 Å². The molecule has 0 saturated carbocycles. The molecule has 1 aromatic carbocycles. The van der Waals surface area contributed by atoms with Gasteiger partial charge in [-0.25, -0.2) is 4.79 Å². The van der Waals surface area contributed by atoms with Gasteiger partial charge in [0.1, 0.15) is 5.76 Å². The number of amides is 1. The number of hydrogen-bond donors (Lipinski definition) is 2. The summed E-state index contributed by atoms with van der Waals surface area (Å²) < 4.78 is 5.16. The standard InChI is InChI=1S/C14H9NO4/c16-13-11(7-9-2-1-5-19-9)10-6-8(14(17)18)3-4-12(10)15-13/h1-7H,(H,15,16)(H,17,18)/b11-7+. The van der Waals surface area contributed by atoms with E-state index in [1.807, 2.05) is 0 Å². The van der Waals surface area contributed by atoms with Crippen molar-refractivity contribution in [2.75, 3.05) is 5.32 Å². The Kier molecular flexibility index (Phi) is 2.45. The Morgan fingerprint density at radius 2 is 2.16 bits per heavy atom. The van der Waals surface area contributed by atoms with Crippen molar-refractivity contribution in [1.82, 2.24) is 0 Å². The lowest BCUT2D eigenvalue weighted by Crippen LogP contribution is -2.03. The largest absolute Gasteiger partial charge is 0.478 e. The van der Waals surface area contributed by atoms with E-state index in [2.05, 4.69) is 5.32 Å². The predicted molar refractivity (Wildman–Crippen MR) is 68.6 cm³/mol. The maximum Gasteiger partial charge on any atom is 0.335 e. The molecule has 3 rings (SSSR count). The van der Waals surface area contributed by atoms with Crippen LogP contribution in [0.25, 0.3) is 11.6 Å². The van der Waals surface area contributed by atoms with Crippen molar-refractivity contribution in [3.63, 3.8) is 0 Å². The van der Waals surface area contributed by atoms with Gasteiger partial charge < -0.3 is 14.8 Å². The molecule has 0 unspecified atom stereocenters. The number of carboxylic acids is 1. The molecule has 0 aliphatic carbocycles. The molecule has 1 amide bonds. The molecule has 0 spiro atoms. The molecule has 1 aliphatic heterocycles. The van der Waals surface area contributed by atoms with Crippen molar-refractivity contribution < 1.29 is 19.1 Å². The van der Waals surface area contributed by atoms with Crippen LogP contribution in [0.4, 0.5) is 5.69 Å². The minimum absolute atomic E-state index is 0.139. The van der Waals surface area contributed by atoms with Crippen molar-refractivity contribution in [3.8, 4) is 0 Å². The van der Waals surface area contributed by atoms with Gasteiger partial charge in [-0.1, -0.05) is 0 Å². The first-order chi connectivity index (χ1) is 9.15. The van der Waals surface area contributed by atoms with Crippen LogP contribution >= 0.6 is 0 Å². The monoisotopic (exact) mass is 255 g/mol.